The van der Waals surface area contributed by atoms with Crippen molar-refractivity contribution in [1.29, 1.82) is 0 Å². The lowest BCUT2D eigenvalue weighted by atomic mass is 10.3. The fourth-order valence-corrected chi connectivity index (χ4v) is 2.46. The molecule has 6 heteroatoms. The van der Waals surface area contributed by atoms with E-state index in [0.717, 1.165) is 11.4 Å². The molecule has 1 aromatic heterocycles. The molecule has 0 spiro atoms. The van der Waals surface area contributed by atoms with Crippen LogP contribution in [0, 0.1) is 6.92 Å². The number of aromatic nitrogens is 2. The standard InChI is InChI=1S/C14H16N4OS/c1-10-9-12(15)18-14(16-10)20-8-7-13(19)17-11-5-3-2-4-6-11/h2-6,9H,7-8H2,1H3,(H,17,19)(H2,15,16,18). The van der Waals surface area contributed by atoms with Crippen LogP contribution < -0.4 is 11.1 Å². The molecule has 0 aliphatic rings. The van der Waals surface area contributed by atoms with Crippen LogP contribution in [0.15, 0.2) is 41.6 Å². The molecule has 2 aromatic rings. The van der Waals surface area contributed by atoms with E-state index in [1.807, 2.05) is 37.3 Å². The molecule has 20 heavy (non-hydrogen) atoms. The first-order valence-electron chi connectivity index (χ1n) is 6.22. The van der Waals surface area contributed by atoms with Gasteiger partial charge in [-0.05, 0) is 19.1 Å². The maximum Gasteiger partial charge on any atom is 0.225 e. The fourth-order valence-electron chi connectivity index (χ4n) is 1.61. The molecule has 1 amide bonds. The number of nitrogens with one attached hydrogen (secondary N) is 1. The highest BCUT2D eigenvalue weighted by atomic mass is 32.2. The first kappa shape index (κ1) is 14.3. The second-order valence-electron chi connectivity index (χ2n) is 4.23. The predicted molar refractivity (Wildman–Crippen MR) is 81.6 cm³/mol. The van der Waals surface area contributed by atoms with Gasteiger partial charge in [-0.3, -0.25) is 4.79 Å². The van der Waals surface area contributed by atoms with Gasteiger partial charge in [-0.25, -0.2) is 9.97 Å². The third-order valence-electron chi connectivity index (χ3n) is 2.47. The number of para-hydroxylation sites is 1. The third kappa shape index (κ3) is 4.55. The van der Waals surface area contributed by atoms with Crippen molar-refractivity contribution in [3.8, 4) is 0 Å². The van der Waals surface area contributed by atoms with Gasteiger partial charge in [-0.2, -0.15) is 0 Å². The molecule has 0 aliphatic carbocycles. The minimum absolute atomic E-state index is 0.0238. The van der Waals surface area contributed by atoms with Crippen LogP contribution in [0.3, 0.4) is 0 Å². The normalized spacial score (nSPS) is 10.2. The molecule has 0 saturated heterocycles. The molecular formula is C14H16N4OS. The van der Waals surface area contributed by atoms with Crippen LogP contribution in [0.2, 0.25) is 0 Å². The highest BCUT2D eigenvalue weighted by Crippen LogP contribution is 2.16. The molecule has 0 saturated carbocycles. The molecular weight excluding hydrogens is 272 g/mol. The molecule has 0 aliphatic heterocycles. The van der Waals surface area contributed by atoms with Gasteiger partial charge in [-0.15, -0.1) is 0 Å². The zero-order valence-electron chi connectivity index (χ0n) is 11.2. The van der Waals surface area contributed by atoms with Gasteiger partial charge < -0.3 is 11.1 Å². The highest BCUT2D eigenvalue weighted by Gasteiger charge is 2.05. The van der Waals surface area contributed by atoms with Gasteiger partial charge in [0.05, 0.1) is 0 Å². The van der Waals surface area contributed by atoms with Crippen molar-refractivity contribution in [2.24, 2.45) is 0 Å². The molecule has 0 fully saturated rings. The summed E-state index contributed by atoms with van der Waals surface area (Å²) in [6, 6.07) is 11.1. The topological polar surface area (TPSA) is 80.9 Å². The number of aryl methyl sites for hydroxylation is 1. The van der Waals surface area contributed by atoms with E-state index in [1.165, 1.54) is 11.8 Å². The average molecular weight is 288 g/mol. The van der Waals surface area contributed by atoms with Crippen molar-refractivity contribution < 1.29 is 4.79 Å². The van der Waals surface area contributed by atoms with Gasteiger partial charge >= 0.3 is 0 Å². The summed E-state index contributed by atoms with van der Waals surface area (Å²) in [5.74, 6) is 1.04. The Morgan fingerprint density at radius 2 is 2.05 bits per heavy atom. The molecule has 0 bridgehead atoms. The zero-order valence-corrected chi connectivity index (χ0v) is 12.0. The smallest absolute Gasteiger partial charge is 0.225 e. The number of carbonyl (C=O) groups excluding carboxylic acids is 1. The van der Waals surface area contributed by atoms with E-state index in [4.69, 9.17) is 5.73 Å². The summed E-state index contributed by atoms with van der Waals surface area (Å²) >= 11 is 1.42. The second kappa shape index (κ2) is 6.91. The first-order valence-corrected chi connectivity index (χ1v) is 7.21. The number of nitrogens with zero attached hydrogens (tertiary/aromatic N) is 2. The van der Waals surface area contributed by atoms with Crippen molar-refractivity contribution in [2.75, 3.05) is 16.8 Å². The average Bonchev–Trinajstić information content (AvgIpc) is 2.38. The number of carbonyl (C=O) groups is 1. The van der Waals surface area contributed by atoms with Crippen molar-refractivity contribution in [2.45, 2.75) is 18.5 Å². The van der Waals surface area contributed by atoms with Crippen molar-refractivity contribution in [1.82, 2.24) is 9.97 Å². The van der Waals surface area contributed by atoms with E-state index < -0.39 is 0 Å². The lowest BCUT2D eigenvalue weighted by molar-refractivity contribution is -0.115. The maximum absolute atomic E-state index is 11.7. The van der Waals surface area contributed by atoms with E-state index in [1.54, 1.807) is 6.07 Å². The van der Waals surface area contributed by atoms with Crippen LogP contribution in [0.1, 0.15) is 12.1 Å². The van der Waals surface area contributed by atoms with Gasteiger partial charge in [0.25, 0.3) is 0 Å². The molecule has 0 unspecified atom stereocenters. The van der Waals surface area contributed by atoms with E-state index in [2.05, 4.69) is 15.3 Å². The summed E-state index contributed by atoms with van der Waals surface area (Å²) in [5.41, 5.74) is 7.28. The number of thioether (sulfide) groups is 1. The number of benzene rings is 1. The number of nitrogens with two attached hydrogens (primary N) is 1. The summed E-state index contributed by atoms with van der Waals surface area (Å²) < 4.78 is 0. The summed E-state index contributed by atoms with van der Waals surface area (Å²) in [6.07, 6.45) is 0.400. The Morgan fingerprint density at radius 3 is 2.75 bits per heavy atom. The van der Waals surface area contributed by atoms with Crippen LogP contribution in [0.25, 0.3) is 0 Å². The predicted octanol–water partition coefficient (Wildman–Crippen LogP) is 2.49. The molecule has 2 rings (SSSR count). The maximum atomic E-state index is 11.7. The van der Waals surface area contributed by atoms with Crippen molar-refractivity contribution >= 4 is 29.2 Å². The van der Waals surface area contributed by atoms with Crippen molar-refractivity contribution in [3.05, 3.63) is 42.1 Å². The Bertz CT molecular complexity index is 569. The Labute approximate surface area is 122 Å². The molecule has 1 heterocycles. The molecule has 0 atom stereocenters. The third-order valence-corrected chi connectivity index (χ3v) is 3.32. The van der Waals surface area contributed by atoms with E-state index in [-0.39, 0.29) is 5.91 Å². The van der Waals surface area contributed by atoms with E-state index in [0.29, 0.717) is 23.1 Å². The highest BCUT2D eigenvalue weighted by molar-refractivity contribution is 7.99. The molecule has 5 nitrogen and oxygen atoms in total. The van der Waals surface area contributed by atoms with E-state index in [9.17, 15) is 4.79 Å². The number of amides is 1. The van der Waals surface area contributed by atoms with Gasteiger partial charge in [0.15, 0.2) is 5.16 Å². The van der Waals surface area contributed by atoms with Crippen LogP contribution in [0.4, 0.5) is 11.5 Å². The number of anilines is 2. The summed E-state index contributed by atoms with van der Waals surface area (Å²) in [4.78, 5) is 20.1. The molecule has 104 valence electrons. The van der Waals surface area contributed by atoms with Crippen molar-refractivity contribution in [3.63, 3.8) is 0 Å². The van der Waals surface area contributed by atoms with Crippen LogP contribution in [0.5, 0.6) is 0 Å². The SMILES string of the molecule is Cc1cc(N)nc(SCCC(=O)Nc2ccccc2)n1. The van der Waals surface area contributed by atoms with Gasteiger partial charge in [0, 0.05) is 29.6 Å². The first-order chi connectivity index (χ1) is 9.63. The summed E-state index contributed by atoms with van der Waals surface area (Å²) in [5, 5.41) is 3.44. The Morgan fingerprint density at radius 1 is 1.30 bits per heavy atom. The van der Waals surface area contributed by atoms with Gasteiger partial charge in [0.1, 0.15) is 5.82 Å². The lowest BCUT2D eigenvalue weighted by Gasteiger charge is -2.05. The quantitative estimate of drug-likeness (QED) is 0.652. The lowest BCUT2D eigenvalue weighted by Crippen LogP contribution is -2.12. The number of hydrogen-bond acceptors (Lipinski definition) is 5. The number of nitrogen functional groups attached to an aromatic ring is 1. The van der Waals surface area contributed by atoms with Crippen LogP contribution in [-0.2, 0) is 4.79 Å². The molecule has 0 radical (unpaired) electrons. The Balaban J connectivity index is 1.79. The monoisotopic (exact) mass is 288 g/mol. The van der Waals surface area contributed by atoms with E-state index >= 15 is 0 Å². The summed E-state index contributed by atoms with van der Waals surface area (Å²) in [6.45, 7) is 1.87. The fraction of sp³-hybridized carbons (Fsp3) is 0.214. The largest absolute Gasteiger partial charge is 0.384 e. The summed E-state index contributed by atoms with van der Waals surface area (Å²) in [7, 11) is 0. The Hall–Kier alpha value is -2.08. The number of hydrogen-bond donors (Lipinski definition) is 2. The minimum Gasteiger partial charge on any atom is -0.384 e. The zero-order chi connectivity index (χ0) is 14.4. The molecule has 1 aromatic carbocycles. The molecule has 3 N–H and O–H groups in total. The number of rotatable bonds is 5. The van der Waals surface area contributed by atoms with Crippen LogP contribution >= 0.6 is 11.8 Å². The minimum atomic E-state index is -0.0238. The van der Waals surface area contributed by atoms with Gasteiger partial charge in [0.2, 0.25) is 5.91 Å². The second-order valence-corrected chi connectivity index (χ2v) is 5.29. The van der Waals surface area contributed by atoms with Crippen LogP contribution in [-0.4, -0.2) is 21.6 Å². The Kier molecular flexibility index (Phi) is 4.95. The van der Waals surface area contributed by atoms with Gasteiger partial charge in [-0.1, -0.05) is 30.0 Å².